The molecule has 13 nitrogen and oxygen atoms in total. The van der Waals surface area contributed by atoms with Crippen LogP contribution in [0.1, 0.15) is 123 Å². The highest BCUT2D eigenvalue weighted by Crippen LogP contribution is 2.56. The molecule has 8 fully saturated rings. The van der Waals surface area contributed by atoms with Gasteiger partial charge in [-0.2, -0.15) is 0 Å². The van der Waals surface area contributed by atoms with Gasteiger partial charge in [-0.15, -0.1) is 0 Å². The van der Waals surface area contributed by atoms with E-state index >= 15 is 0 Å². The van der Waals surface area contributed by atoms with E-state index in [1.165, 1.54) is 0 Å². The zero-order valence-electron chi connectivity index (χ0n) is 37.6. The molecule has 0 amide bonds. The van der Waals surface area contributed by atoms with E-state index in [-0.39, 0.29) is 41.4 Å². The third-order valence-electron chi connectivity index (χ3n) is 11.3. The van der Waals surface area contributed by atoms with E-state index < -0.39 is 70.4 Å². The molecule has 0 unspecified atom stereocenters. The number of ether oxygens (including phenoxy) is 1. The fraction of sp³-hybridized carbons (Fsp3) is 1.00. The van der Waals surface area contributed by atoms with Crippen molar-refractivity contribution in [2.24, 2.45) is 47.3 Å². The minimum atomic E-state index is -3.92. The molecule has 3 atom stereocenters. The Labute approximate surface area is 353 Å². The van der Waals surface area contributed by atoms with E-state index in [1.54, 1.807) is 0 Å². The van der Waals surface area contributed by atoms with Crippen molar-refractivity contribution < 1.29 is 54.1 Å². The molecule has 8 rings (SSSR count). The van der Waals surface area contributed by atoms with Crippen LogP contribution >= 0.6 is 0 Å². The topological polar surface area (TPSA) is 123 Å². The molecule has 1 saturated carbocycles. The van der Waals surface area contributed by atoms with Crippen molar-refractivity contribution in [2.75, 3.05) is 0 Å². The molecular weight excluding hydrogens is 865 g/mol. The van der Waals surface area contributed by atoms with Crippen LogP contribution in [0.3, 0.4) is 0 Å². The van der Waals surface area contributed by atoms with Crippen molar-refractivity contribution in [3.8, 4) is 0 Å². The van der Waals surface area contributed by atoms with Crippen molar-refractivity contribution in [2.45, 2.75) is 183 Å². The maximum Gasteiger partial charge on any atom is 0.479 e. The molecular formula is C36H76O13Si8. The first kappa shape index (κ1) is 46.2. The maximum atomic E-state index is 7.93. The van der Waals surface area contributed by atoms with E-state index in [9.17, 15) is 0 Å². The van der Waals surface area contributed by atoms with Gasteiger partial charge in [0.25, 0.3) is 0 Å². The molecule has 57 heavy (non-hydrogen) atoms. The van der Waals surface area contributed by atoms with Crippen LogP contribution in [-0.2, 0) is 54.1 Å². The Kier molecular flexibility index (Phi) is 13.5. The van der Waals surface area contributed by atoms with Crippen LogP contribution in [0, 0.1) is 47.3 Å². The van der Waals surface area contributed by atoms with Crippen molar-refractivity contribution in [1.29, 1.82) is 0 Å². The smallest absolute Gasteiger partial charge is 0.373 e. The molecule has 7 aliphatic heterocycles. The van der Waals surface area contributed by atoms with E-state index in [0.29, 0.717) is 66.5 Å². The largest absolute Gasteiger partial charge is 0.479 e. The average Bonchev–Trinajstić information content (AvgIpc) is 3.72. The van der Waals surface area contributed by atoms with E-state index in [4.69, 9.17) is 54.1 Å². The Morgan fingerprint density at radius 3 is 0.807 bits per heavy atom. The van der Waals surface area contributed by atoms with Crippen LogP contribution < -0.4 is 0 Å². The van der Waals surface area contributed by atoms with Gasteiger partial charge < -0.3 is 54.1 Å². The van der Waals surface area contributed by atoms with Gasteiger partial charge in [-0.1, -0.05) is 96.9 Å². The number of hydrogen-bond acceptors (Lipinski definition) is 13. The maximum absolute atomic E-state index is 7.93. The van der Waals surface area contributed by atoms with Gasteiger partial charge >= 0.3 is 70.4 Å². The number of epoxide rings is 1. The average molecular weight is 942 g/mol. The van der Waals surface area contributed by atoms with Gasteiger partial charge in [0.1, 0.15) is 0 Å². The molecule has 7 saturated heterocycles. The summed E-state index contributed by atoms with van der Waals surface area (Å²) in [5.74, 6) is 1.45. The molecule has 330 valence electrons. The van der Waals surface area contributed by atoms with Gasteiger partial charge in [-0.25, -0.2) is 0 Å². The SMILES string of the molecule is CC(C)C[Si]12O[Si]3(CC[C@@H]4CC[C@H]5O[C@H]5C4)O[Si]4(CC(C)C)O[Si](CC(C)C)(O1)O[Si]1(CC(C)C)O[Si](CC(C)C)(O2)O[Si](CC(C)C)(O3)O[Si](CC(C)C)(O4)O1. The Bertz CT molecular complexity index is 1270. The van der Waals surface area contributed by atoms with Gasteiger partial charge in [-0.3, -0.25) is 0 Å². The predicted molar refractivity (Wildman–Crippen MR) is 232 cm³/mol. The fourth-order valence-electron chi connectivity index (χ4n) is 10.0. The summed E-state index contributed by atoms with van der Waals surface area (Å²) in [4.78, 5) is 0. The summed E-state index contributed by atoms with van der Waals surface area (Å²) in [7, 11) is -31.2. The lowest BCUT2D eigenvalue weighted by Crippen LogP contribution is -2.88. The van der Waals surface area contributed by atoms with Crippen LogP contribution in [0.15, 0.2) is 0 Å². The van der Waals surface area contributed by atoms with Gasteiger partial charge in [0.05, 0.1) is 12.2 Å². The minimum Gasteiger partial charge on any atom is -0.373 e. The van der Waals surface area contributed by atoms with Gasteiger partial charge in [0, 0.05) is 48.4 Å². The van der Waals surface area contributed by atoms with Crippen molar-refractivity contribution in [3.63, 3.8) is 0 Å². The van der Waals surface area contributed by atoms with Gasteiger partial charge in [-0.05, 0) is 73.0 Å². The molecule has 8 aliphatic rings. The lowest BCUT2D eigenvalue weighted by molar-refractivity contribution is -0.0343. The predicted octanol–water partition coefficient (Wildman–Crippen LogP) is 9.31. The summed E-state index contributed by atoms with van der Waals surface area (Å²) in [6.07, 6.45) is 4.86. The molecule has 0 aromatic heterocycles. The zero-order chi connectivity index (χ0) is 41.5. The summed E-state index contributed by atoms with van der Waals surface area (Å²) in [6, 6.07) is 4.14. The number of hydrogen-bond donors (Lipinski definition) is 0. The molecule has 0 aromatic rings. The second-order valence-electron chi connectivity index (χ2n) is 21.3. The molecule has 0 aromatic carbocycles. The molecule has 0 radical (unpaired) electrons. The number of fused-ring (bicyclic) bond motifs is 1. The third-order valence-corrected chi connectivity index (χ3v) is 51.3. The summed E-state index contributed by atoms with van der Waals surface area (Å²) in [5, 5.41) is 0. The molecule has 21 heteroatoms. The fourth-order valence-corrected chi connectivity index (χ4v) is 61.7. The standard InChI is InChI=1S/C36H76O13Si8/c1-27(2)20-51-38-50(18-17-34-15-16-35-36(19-34)37-35)39-52(21-28(3)4)43-54(41-51,23-30(7)8)47-57(26-33(13)14)48-55(42-51,24-31(9)10)44-53(40-50,22-29(5)6)46-56(45-52,49-57)25-32(11)12/h27-36H,15-26H2,1-14H3/t34-,35+,36-,50?,51?,52?,53?,54?,55?,56?,57?/m0/s1. The Hall–Kier alpha value is 1.22. The monoisotopic (exact) mass is 940 g/mol. The third kappa shape index (κ3) is 10.4. The second kappa shape index (κ2) is 16.6. The lowest BCUT2D eigenvalue weighted by Gasteiger charge is -2.64. The quantitative estimate of drug-likeness (QED) is 0.102. The van der Waals surface area contributed by atoms with Crippen LogP contribution in [0.25, 0.3) is 0 Å². The first-order chi connectivity index (χ1) is 26.4. The van der Waals surface area contributed by atoms with Crippen LogP contribution in [-0.4, -0.2) is 82.6 Å². The van der Waals surface area contributed by atoms with Crippen LogP contribution in [0.5, 0.6) is 0 Å². The van der Waals surface area contributed by atoms with Gasteiger partial charge in [0.15, 0.2) is 0 Å². The van der Waals surface area contributed by atoms with E-state index in [2.05, 4.69) is 96.9 Å². The van der Waals surface area contributed by atoms with Crippen molar-refractivity contribution in [1.82, 2.24) is 0 Å². The Morgan fingerprint density at radius 1 is 0.333 bits per heavy atom. The second-order valence-corrected chi connectivity index (χ2v) is 45.4. The van der Waals surface area contributed by atoms with Gasteiger partial charge in [0.2, 0.25) is 0 Å². The van der Waals surface area contributed by atoms with Crippen LogP contribution in [0.4, 0.5) is 0 Å². The highest BCUT2D eigenvalue weighted by atomic mass is 28.6. The summed E-state index contributed by atoms with van der Waals surface area (Å²) in [6.45, 7) is 30.7. The van der Waals surface area contributed by atoms with E-state index in [1.807, 2.05) is 0 Å². The first-order valence-corrected chi connectivity index (χ1v) is 38.0. The molecule has 1 aliphatic carbocycles. The highest BCUT2D eigenvalue weighted by molar-refractivity contribution is 7.03. The Balaban J connectivity index is 1.53. The summed E-state index contributed by atoms with van der Waals surface area (Å²) < 4.78 is 100. The molecule has 0 N–H and O–H groups in total. The van der Waals surface area contributed by atoms with Crippen molar-refractivity contribution in [3.05, 3.63) is 0 Å². The van der Waals surface area contributed by atoms with Crippen LogP contribution in [0.2, 0.25) is 48.4 Å². The molecule has 7 heterocycles. The summed E-state index contributed by atoms with van der Waals surface area (Å²) in [5.41, 5.74) is 0. The first-order valence-electron chi connectivity index (χ1n) is 22.5. The lowest BCUT2D eigenvalue weighted by atomic mass is 9.88. The zero-order valence-corrected chi connectivity index (χ0v) is 45.6. The molecule has 8 bridgehead atoms. The number of rotatable bonds is 17. The van der Waals surface area contributed by atoms with Crippen molar-refractivity contribution >= 4 is 70.4 Å². The minimum absolute atomic E-state index is 0.143. The normalized spacial score (nSPS) is 45.3. The highest BCUT2D eigenvalue weighted by Gasteiger charge is 2.83. The molecule has 0 spiro atoms. The summed E-state index contributed by atoms with van der Waals surface area (Å²) >= 11 is 0. The van der Waals surface area contributed by atoms with E-state index in [0.717, 1.165) is 25.7 Å². The Morgan fingerprint density at radius 2 is 0.579 bits per heavy atom.